The number of aliphatic carboxylic acids is 2. The molecule has 0 aromatic rings. The number of Topliss-reactive ketones (excluding diaryl/α,β-unsaturated/α-hetero) is 1. The van der Waals surface area contributed by atoms with Gasteiger partial charge >= 0.3 is 11.9 Å². The lowest BCUT2D eigenvalue weighted by molar-refractivity contribution is -0.306. The minimum atomic E-state index is -1.71. The molecular weight excluding hydrogens is 208 g/mol. The minimum absolute atomic E-state index is 0.403. The Bertz CT molecular complexity index is 238. The van der Waals surface area contributed by atoms with Crippen molar-refractivity contribution in [2.24, 2.45) is 0 Å². The molecule has 0 aliphatic carbocycles. The van der Waals surface area contributed by atoms with E-state index in [0.29, 0.717) is 0 Å². The van der Waals surface area contributed by atoms with E-state index in [9.17, 15) is 14.4 Å². The summed E-state index contributed by atoms with van der Waals surface area (Å²) < 4.78 is 0. The van der Waals surface area contributed by atoms with Crippen LogP contribution in [-0.4, -0.2) is 38.8 Å². The molecule has 0 fully saturated rings. The van der Waals surface area contributed by atoms with Gasteiger partial charge in [0.1, 0.15) is 6.42 Å². The topological polar surface area (TPSA) is 121 Å². The lowest BCUT2D eigenvalue weighted by atomic mass is 10.2. The van der Waals surface area contributed by atoms with Crippen molar-refractivity contribution < 1.29 is 34.7 Å². The van der Waals surface area contributed by atoms with Crippen molar-refractivity contribution in [1.82, 2.24) is 0 Å². The summed E-state index contributed by atoms with van der Waals surface area (Å²) in [7, 11) is 0. The Hall–Kier alpha value is -1.47. The van der Waals surface area contributed by atoms with Gasteiger partial charge in [0, 0.05) is 0 Å². The van der Waals surface area contributed by atoms with Crippen LogP contribution in [0.1, 0.15) is 27.2 Å². The summed E-state index contributed by atoms with van der Waals surface area (Å²) in [5, 5.41) is 23.6. The van der Waals surface area contributed by atoms with E-state index in [0.717, 1.165) is 0 Å². The van der Waals surface area contributed by atoms with Crippen molar-refractivity contribution >= 4 is 17.7 Å². The van der Waals surface area contributed by atoms with E-state index in [-0.39, 0.29) is 0 Å². The van der Waals surface area contributed by atoms with Crippen LogP contribution in [0.25, 0.3) is 0 Å². The van der Waals surface area contributed by atoms with Gasteiger partial charge in [-0.3, -0.25) is 14.8 Å². The van der Waals surface area contributed by atoms with Gasteiger partial charge in [-0.25, -0.2) is 9.68 Å². The third-order valence-corrected chi connectivity index (χ3v) is 0.824. The van der Waals surface area contributed by atoms with Crippen molar-refractivity contribution in [1.29, 1.82) is 0 Å². The van der Waals surface area contributed by atoms with Gasteiger partial charge in [-0.15, -0.1) is 0 Å². The van der Waals surface area contributed by atoms with Crippen LogP contribution in [-0.2, 0) is 19.3 Å². The Balaban J connectivity index is 0. The van der Waals surface area contributed by atoms with Crippen LogP contribution in [0.5, 0.6) is 0 Å². The first-order valence-corrected chi connectivity index (χ1v) is 3.90. The highest BCUT2D eigenvalue weighted by molar-refractivity contribution is 6.35. The van der Waals surface area contributed by atoms with Gasteiger partial charge in [-0.1, -0.05) is 0 Å². The largest absolute Gasteiger partial charge is 0.481 e. The average molecular weight is 222 g/mol. The number of carbonyl (C=O) groups excluding carboxylic acids is 1. The first-order chi connectivity index (χ1) is 6.60. The maximum absolute atomic E-state index is 9.97. The molecule has 0 aliphatic rings. The zero-order chi connectivity index (χ0) is 12.6. The number of carboxylic acid groups (broad SMARTS) is 2. The SMILES string of the molecule is CC(C)(C)OO.O=C(O)CC(=O)C(=O)O. The Morgan fingerprint density at radius 1 is 1.13 bits per heavy atom. The number of hydrogen-bond donors (Lipinski definition) is 3. The number of carbonyl (C=O) groups is 3. The van der Waals surface area contributed by atoms with Gasteiger partial charge in [0.15, 0.2) is 0 Å². The van der Waals surface area contributed by atoms with Gasteiger partial charge in [0.05, 0.1) is 5.60 Å². The summed E-state index contributed by atoms with van der Waals surface area (Å²) >= 11 is 0. The van der Waals surface area contributed by atoms with Crippen LogP contribution in [0.15, 0.2) is 0 Å². The molecule has 0 aromatic carbocycles. The second kappa shape index (κ2) is 6.91. The lowest BCUT2D eigenvalue weighted by Gasteiger charge is -2.10. The molecular formula is C8H14O7. The summed E-state index contributed by atoms with van der Waals surface area (Å²) in [4.78, 5) is 33.2. The number of ketones is 1. The first-order valence-electron chi connectivity index (χ1n) is 3.90. The highest BCUT2D eigenvalue weighted by Crippen LogP contribution is 2.01. The molecule has 0 aromatic heterocycles. The van der Waals surface area contributed by atoms with Crippen molar-refractivity contribution in [3.05, 3.63) is 0 Å². The van der Waals surface area contributed by atoms with Crippen LogP contribution >= 0.6 is 0 Å². The molecule has 7 nitrogen and oxygen atoms in total. The molecule has 0 radical (unpaired) electrons. The quantitative estimate of drug-likeness (QED) is 0.273. The molecule has 7 heteroatoms. The lowest BCUT2D eigenvalue weighted by Crippen LogP contribution is -2.16. The van der Waals surface area contributed by atoms with E-state index >= 15 is 0 Å². The first kappa shape index (κ1) is 16.0. The van der Waals surface area contributed by atoms with Crippen molar-refractivity contribution in [2.75, 3.05) is 0 Å². The summed E-state index contributed by atoms with van der Waals surface area (Å²) in [6.07, 6.45) is -0.949. The third kappa shape index (κ3) is 15.3. The smallest absolute Gasteiger partial charge is 0.372 e. The standard InChI is InChI=1S/C4H4O5.C4H10O2/c5-2(4(8)9)1-3(6)7;1-4(2,3)6-5/h1H2,(H,6,7)(H,8,9);5H,1-3H3. The van der Waals surface area contributed by atoms with Crippen LogP contribution in [0.2, 0.25) is 0 Å². The highest BCUT2D eigenvalue weighted by Gasteiger charge is 2.14. The fraction of sp³-hybridized carbons (Fsp3) is 0.625. The molecule has 0 atom stereocenters. The van der Waals surface area contributed by atoms with Gasteiger partial charge in [-0.2, -0.15) is 0 Å². The zero-order valence-corrected chi connectivity index (χ0v) is 8.68. The van der Waals surface area contributed by atoms with E-state index in [1.54, 1.807) is 20.8 Å². The second-order valence-corrected chi connectivity index (χ2v) is 3.50. The molecule has 0 amide bonds. The maximum Gasteiger partial charge on any atom is 0.372 e. The molecule has 0 spiro atoms. The normalized spacial score (nSPS) is 9.87. The fourth-order valence-electron chi connectivity index (χ4n) is 0.213. The van der Waals surface area contributed by atoms with Crippen LogP contribution in [0, 0.1) is 0 Å². The Morgan fingerprint density at radius 3 is 1.53 bits per heavy atom. The van der Waals surface area contributed by atoms with E-state index in [1.807, 2.05) is 0 Å². The fourth-order valence-corrected chi connectivity index (χ4v) is 0.213. The predicted molar refractivity (Wildman–Crippen MR) is 48.4 cm³/mol. The molecule has 3 N–H and O–H groups in total. The molecule has 15 heavy (non-hydrogen) atoms. The van der Waals surface area contributed by atoms with Crippen molar-refractivity contribution in [2.45, 2.75) is 32.8 Å². The van der Waals surface area contributed by atoms with Gasteiger partial charge in [0.2, 0.25) is 0 Å². The molecule has 0 unspecified atom stereocenters. The van der Waals surface area contributed by atoms with Gasteiger partial charge < -0.3 is 10.2 Å². The monoisotopic (exact) mass is 222 g/mol. The Labute approximate surface area is 86.2 Å². The highest BCUT2D eigenvalue weighted by atomic mass is 17.1. The molecule has 88 valence electrons. The van der Waals surface area contributed by atoms with E-state index in [4.69, 9.17) is 15.5 Å². The van der Waals surface area contributed by atoms with E-state index in [2.05, 4.69) is 4.89 Å². The molecule has 0 saturated carbocycles. The van der Waals surface area contributed by atoms with Crippen molar-refractivity contribution in [3.8, 4) is 0 Å². The molecule has 0 aliphatic heterocycles. The Morgan fingerprint density at radius 2 is 1.47 bits per heavy atom. The predicted octanol–water partition coefficient (Wildman–Crippen LogP) is 0.389. The minimum Gasteiger partial charge on any atom is -0.481 e. The molecule has 0 saturated heterocycles. The summed E-state index contributed by atoms with van der Waals surface area (Å²) in [5.74, 6) is -4.44. The number of hydrogen-bond acceptors (Lipinski definition) is 5. The third-order valence-electron chi connectivity index (χ3n) is 0.824. The van der Waals surface area contributed by atoms with Gasteiger partial charge in [0.25, 0.3) is 5.78 Å². The average Bonchev–Trinajstić information content (AvgIpc) is 2.02. The summed E-state index contributed by atoms with van der Waals surface area (Å²) in [6.45, 7) is 5.31. The van der Waals surface area contributed by atoms with E-state index in [1.165, 1.54) is 0 Å². The summed E-state index contributed by atoms with van der Waals surface area (Å²) in [6, 6.07) is 0. The molecule has 0 rings (SSSR count). The summed E-state index contributed by atoms with van der Waals surface area (Å²) in [5.41, 5.74) is -0.403. The van der Waals surface area contributed by atoms with Gasteiger partial charge in [-0.05, 0) is 20.8 Å². The van der Waals surface area contributed by atoms with Crippen LogP contribution in [0.4, 0.5) is 0 Å². The van der Waals surface area contributed by atoms with Crippen LogP contribution in [0.3, 0.4) is 0 Å². The zero-order valence-electron chi connectivity index (χ0n) is 8.68. The maximum atomic E-state index is 9.97. The van der Waals surface area contributed by atoms with Crippen LogP contribution < -0.4 is 0 Å². The Kier molecular flexibility index (Phi) is 7.36. The number of rotatable bonds is 3. The van der Waals surface area contributed by atoms with Crippen molar-refractivity contribution in [3.63, 3.8) is 0 Å². The second-order valence-electron chi connectivity index (χ2n) is 3.50. The number of carboxylic acids is 2. The molecule has 0 heterocycles. The molecule has 0 bridgehead atoms. The van der Waals surface area contributed by atoms with E-state index < -0.39 is 29.7 Å².